The molecule has 0 bridgehead atoms. The molecule has 3 rings (SSSR count). The molecule has 0 unspecified atom stereocenters. The number of nitrogens with zero attached hydrogens (tertiary/aromatic N) is 1. The minimum absolute atomic E-state index is 0.406. The number of hydrogen-bond acceptors (Lipinski definition) is 5. The summed E-state index contributed by atoms with van der Waals surface area (Å²) >= 11 is 5.96. The number of rotatable bonds is 5. The highest BCUT2D eigenvalue weighted by atomic mass is 35.5. The molecule has 142 valence electrons. The van der Waals surface area contributed by atoms with Gasteiger partial charge in [0.1, 0.15) is 17.3 Å². The third-order valence-electron chi connectivity index (χ3n) is 3.63. The molecule has 3 aromatic rings. The van der Waals surface area contributed by atoms with Crippen LogP contribution in [0.25, 0.3) is 11.3 Å². The molecule has 2 N–H and O–H groups in total. The minimum atomic E-state index is -0.916. The lowest BCUT2D eigenvalue weighted by molar-refractivity contribution is -0.136. The van der Waals surface area contributed by atoms with E-state index in [9.17, 15) is 9.59 Å². The number of halogens is 1. The minimum Gasteiger partial charge on any atom is -0.497 e. The normalized spacial score (nSPS) is 10.6. The highest BCUT2D eigenvalue weighted by Gasteiger charge is 2.13. The van der Waals surface area contributed by atoms with Gasteiger partial charge in [0.25, 0.3) is 0 Å². The van der Waals surface area contributed by atoms with Gasteiger partial charge < -0.3 is 14.5 Å². The van der Waals surface area contributed by atoms with Crippen molar-refractivity contribution >= 4 is 35.3 Å². The van der Waals surface area contributed by atoms with Crippen LogP contribution in [0.5, 0.6) is 5.75 Å². The van der Waals surface area contributed by atoms with E-state index in [1.165, 1.54) is 13.3 Å². The number of furan rings is 1. The maximum absolute atomic E-state index is 11.9. The highest BCUT2D eigenvalue weighted by molar-refractivity contribution is 6.39. The van der Waals surface area contributed by atoms with E-state index >= 15 is 0 Å². The molecule has 1 heterocycles. The van der Waals surface area contributed by atoms with Gasteiger partial charge in [-0.25, -0.2) is 5.43 Å². The Hall–Kier alpha value is -3.58. The number of amides is 2. The molecule has 28 heavy (non-hydrogen) atoms. The number of hydrogen-bond donors (Lipinski definition) is 2. The maximum atomic E-state index is 11.9. The molecular weight excluding hydrogens is 382 g/mol. The number of hydrazone groups is 1. The van der Waals surface area contributed by atoms with Crippen LogP contribution in [0.2, 0.25) is 5.02 Å². The molecule has 0 aliphatic carbocycles. The summed E-state index contributed by atoms with van der Waals surface area (Å²) in [6.45, 7) is 0. The van der Waals surface area contributed by atoms with Crippen molar-refractivity contribution in [2.24, 2.45) is 5.10 Å². The molecule has 2 aromatic carbocycles. The van der Waals surface area contributed by atoms with Gasteiger partial charge in [-0.1, -0.05) is 29.8 Å². The van der Waals surface area contributed by atoms with Gasteiger partial charge in [-0.3, -0.25) is 9.59 Å². The van der Waals surface area contributed by atoms with Crippen molar-refractivity contribution in [3.05, 3.63) is 71.4 Å². The van der Waals surface area contributed by atoms with E-state index in [0.29, 0.717) is 28.0 Å². The third-order valence-corrected chi connectivity index (χ3v) is 3.86. The summed E-state index contributed by atoms with van der Waals surface area (Å²) in [6.07, 6.45) is 1.30. The van der Waals surface area contributed by atoms with Crippen LogP contribution in [-0.2, 0) is 9.59 Å². The van der Waals surface area contributed by atoms with Gasteiger partial charge in [0.05, 0.1) is 13.3 Å². The molecule has 0 saturated heterocycles. The summed E-state index contributed by atoms with van der Waals surface area (Å²) in [5.74, 6) is -0.204. The van der Waals surface area contributed by atoms with Crippen molar-refractivity contribution in [1.29, 1.82) is 0 Å². The Labute approximate surface area is 166 Å². The highest BCUT2D eigenvalue weighted by Crippen LogP contribution is 2.24. The second-order valence-electron chi connectivity index (χ2n) is 5.60. The van der Waals surface area contributed by atoms with Crippen molar-refractivity contribution in [3.8, 4) is 17.1 Å². The summed E-state index contributed by atoms with van der Waals surface area (Å²) in [7, 11) is 1.51. The van der Waals surface area contributed by atoms with Crippen molar-refractivity contribution in [2.75, 3.05) is 12.4 Å². The number of methoxy groups -OCH3 is 1. The first kappa shape index (κ1) is 19.2. The Morgan fingerprint density at radius 3 is 2.68 bits per heavy atom. The predicted octanol–water partition coefficient (Wildman–Crippen LogP) is 3.70. The van der Waals surface area contributed by atoms with Crippen LogP contribution < -0.4 is 15.5 Å². The SMILES string of the molecule is COc1cccc(NC(=O)C(=O)N/N=C/c2ccc(-c3cccc(Cl)c3)o2)c1. The van der Waals surface area contributed by atoms with E-state index in [0.717, 1.165) is 5.56 Å². The van der Waals surface area contributed by atoms with Crippen LogP contribution in [0.1, 0.15) is 5.76 Å². The maximum Gasteiger partial charge on any atom is 0.329 e. The van der Waals surface area contributed by atoms with Crippen LogP contribution in [-0.4, -0.2) is 25.1 Å². The standard InChI is InChI=1S/C20H16ClN3O4/c1-27-16-7-3-6-15(11-16)23-19(25)20(26)24-22-12-17-8-9-18(28-17)13-4-2-5-14(21)10-13/h2-12H,1H3,(H,23,25)(H,24,26)/b22-12+. The quantitative estimate of drug-likeness (QED) is 0.390. The van der Waals surface area contributed by atoms with Gasteiger partial charge in [-0.05, 0) is 36.4 Å². The lowest BCUT2D eigenvalue weighted by Crippen LogP contribution is -2.32. The molecule has 7 nitrogen and oxygen atoms in total. The zero-order valence-corrected chi connectivity index (χ0v) is 15.6. The average Bonchev–Trinajstić information content (AvgIpc) is 3.17. The van der Waals surface area contributed by atoms with Crippen molar-refractivity contribution in [3.63, 3.8) is 0 Å². The van der Waals surface area contributed by atoms with Gasteiger partial charge >= 0.3 is 11.8 Å². The van der Waals surface area contributed by atoms with Crippen LogP contribution in [0.15, 0.2) is 70.2 Å². The van der Waals surface area contributed by atoms with E-state index in [1.807, 2.05) is 12.1 Å². The lowest BCUT2D eigenvalue weighted by Gasteiger charge is -2.05. The second-order valence-corrected chi connectivity index (χ2v) is 6.03. The molecular formula is C20H16ClN3O4. The van der Waals surface area contributed by atoms with E-state index in [-0.39, 0.29) is 0 Å². The molecule has 0 radical (unpaired) electrons. The first-order chi connectivity index (χ1) is 13.5. The van der Waals surface area contributed by atoms with Crippen LogP contribution in [0.4, 0.5) is 5.69 Å². The summed E-state index contributed by atoms with van der Waals surface area (Å²) in [6, 6.07) is 17.3. The lowest BCUT2D eigenvalue weighted by atomic mass is 10.2. The third kappa shape index (κ3) is 4.99. The average molecular weight is 398 g/mol. The first-order valence-corrected chi connectivity index (χ1v) is 8.57. The van der Waals surface area contributed by atoms with E-state index < -0.39 is 11.8 Å². The molecule has 0 atom stereocenters. The number of anilines is 1. The first-order valence-electron chi connectivity index (χ1n) is 8.19. The number of benzene rings is 2. The van der Waals surface area contributed by atoms with Gasteiger partial charge in [-0.2, -0.15) is 5.10 Å². The smallest absolute Gasteiger partial charge is 0.329 e. The zero-order valence-electron chi connectivity index (χ0n) is 14.8. The predicted molar refractivity (Wildman–Crippen MR) is 107 cm³/mol. The Morgan fingerprint density at radius 2 is 1.89 bits per heavy atom. The van der Waals surface area contributed by atoms with Gasteiger partial charge in [0.15, 0.2) is 0 Å². The molecule has 8 heteroatoms. The van der Waals surface area contributed by atoms with Crippen molar-refractivity contribution < 1.29 is 18.7 Å². The number of nitrogens with one attached hydrogen (secondary N) is 2. The van der Waals surface area contributed by atoms with Gasteiger partial charge in [0, 0.05) is 22.3 Å². The molecule has 0 aliphatic heterocycles. The number of carbonyl (C=O) groups excluding carboxylic acids is 2. The van der Waals surface area contributed by atoms with E-state index in [2.05, 4.69) is 15.8 Å². The second kappa shape index (κ2) is 8.88. The van der Waals surface area contributed by atoms with Crippen LogP contribution >= 0.6 is 11.6 Å². The summed E-state index contributed by atoms with van der Waals surface area (Å²) in [5, 5.41) is 6.78. The van der Waals surface area contributed by atoms with Crippen LogP contribution in [0.3, 0.4) is 0 Å². The molecule has 0 spiro atoms. The Bertz CT molecular complexity index is 1030. The monoisotopic (exact) mass is 397 g/mol. The molecule has 2 amide bonds. The summed E-state index contributed by atoms with van der Waals surface area (Å²) < 4.78 is 10.7. The number of ether oxygens (including phenoxy) is 1. The van der Waals surface area contributed by atoms with E-state index in [1.54, 1.807) is 48.5 Å². The zero-order chi connectivity index (χ0) is 19.9. The fourth-order valence-electron chi connectivity index (χ4n) is 2.31. The molecule has 0 fully saturated rings. The Morgan fingerprint density at radius 1 is 1.07 bits per heavy atom. The Balaban J connectivity index is 1.56. The van der Waals surface area contributed by atoms with Crippen molar-refractivity contribution in [2.45, 2.75) is 0 Å². The fourth-order valence-corrected chi connectivity index (χ4v) is 2.50. The van der Waals surface area contributed by atoms with Gasteiger partial charge in [-0.15, -0.1) is 0 Å². The largest absolute Gasteiger partial charge is 0.497 e. The fraction of sp³-hybridized carbons (Fsp3) is 0.0500. The molecule has 0 aliphatic rings. The topological polar surface area (TPSA) is 92.9 Å². The van der Waals surface area contributed by atoms with Crippen LogP contribution in [0, 0.1) is 0 Å². The van der Waals surface area contributed by atoms with Crippen molar-refractivity contribution in [1.82, 2.24) is 5.43 Å². The molecule has 0 saturated carbocycles. The van der Waals surface area contributed by atoms with Gasteiger partial charge in [0.2, 0.25) is 0 Å². The molecule has 1 aromatic heterocycles. The number of carbonyl (C=O) groups is 2. The van der Waals surface area contributed by atoms with E-state index in [4.69, 9.17) is 20.8 Å². The Kier molecular flexibility index (Phi) is 6.08. The summed E-state index contributed by atoms with van der Waals surface area (Å²) in [4.78, 5) is 23.7. The summed E-state index contributed by atoms with van der Waals surface area (Å²) in [5.41, 5.74) is 3.39.